The van der Waals surface area contributed by atoms with E-state index in [2.05, 4.69) is 15.3 Å². The van der Waals surface area contributed by atoms with Crippen molar-refractivity contribution in [1.29, 1.82) is 0 Å². The summed E-state index contributed by atoms with van der Waals surface area (Å²) in [7, 11) is 0. The van der Waals surface area contributed by atoms with Gasteiger partial charge in [0.1, 0.15) is 36.3 Å². The van der Waals surface area contributed by atoms with E-state index in [1.807, 2.05) is 6.08 Å². The van der Waals surface area contributed by atoms with Gasteiger partial charge in [-0.3, -0.25) is 0 Å². The molecule has 3 heterocycles. The van der Waals surface area contributed by atoms with Crippen LogP contribution in [0.1, 0.15) is 31.2 Å². The molecule has 0 spiro atoms. The third-order valence-electron chi connectivity index (χ3n) is 5.24. The molecule has 0 aromatic carbocycles. The number of ether oxygens (including phenoxy) is 1. The number of aliphatic hydroxyl groups is 3. The van der Waals surface area contributed by atoms with E-state index in [9.17, 15) is 15.3 Å². The minimum atomic E-state index is -1.13. The summed E-state index contributed by atoms with van der Waals surface area (Å²) in [6.45, 7) is -0.350. The van der Waals surface area contributed by atoms with Crippen molar-refractivity contribution in [2.75, 3.05) is 16.8 Å². The van der Waals surface area contributed by atoms with Gasteiger partial charge in [-0.05, 0) is 19.3 Å². The Hall–Kier alpha value is -1.74. The first-order chi connectivity index (χ1) is 12.2. The highest BCUT2D eigenvalue weighted by Crippen LogP contribution is 2.35. The average Bonchev–Trinajstić information content (AvgIpc) is 3.24. The number of nitrogens with zero attached hydrogens (tertiary/aromatic N) is 3. The molecule has 136 valence electrons. The summed E-state index contributed by atoms with van der Waals surface area (Å²) in [4.78, 5) is 10.5. The zero-order chi connectivity index (χ0) is 17.4. The molecule has 0 radical (unpaired) electrons. The van der Waals surface area contributed by atoms with E-state index in [4.69, 9.17) is 4.74 Å². The van der Waals surface area contributed by atoms with Crippen molar-refractivity contribution >= 4 is 11.6 Å². The minimum absolute atomic E-state index is 0.350. The highest BCUT2D eigenvalue weighted by atomic mass is 16.6. The SMILES string of the molecule is OCC1OC(N2C=CCc3c(NC4CCCC4)ncnc32)[C@H](O)[C@@H]1O. The van der Waals surface area contributed by atoms with Crippen LogP contribution in [0.25, 0.3) is 0 Å². The molecule has 2 fully saturated rings. The molecular formula is C17H24N4O4. The molecule has 2 unspecified atom stereocenters. The third-order valence-corrected chi connectivity index (χ3v) is 5.24. The molecule has 4 N–H and O–H groups in total. The Morgan fingerprint density at radius 3 is 2.72 bits per heavy atom. The number of hydrogen-bond donors (Lipinski definition) is 4. The summed E-state index contributed by atoms with van der Waals surface area (Å²) < 4.78 is 5.65. The van der Waals surface area contributed by atoms with Crippen LogP contribution in [-0.2, 0) is 11.2 Å². The molecule has 25 heavy (non-hydrogen) atoms. The minimum Gasteiger partial charge on any atom is -0.394 e. The highest BCUT2D eigenvalue weighted by molar-refractivity contribution is 5.63. The lowest BCUT2D eigenvalue weighted by Crippen LogP contribution is -2.43. The van der Waals surface area contributed by atoms with Gasteiger partial charge in [0, 0.05) is 17.8 Å². The molecule has 4 atom stereocenters. The summed E-state index contributed by atoms with van der Waals surface area (Å²) in [6, 6.07) is 0.437. The van der Waals surface area contributed by atoms with Crippen LogP contribution in [0.5, 0.6) is 0 Å². The summed E-state index contributed by atoms with van der Waals surface area (Å²) in [6.07, 6.45) is 6.85. The molecule has 1 aromatic heterocycles. The smallest absolute Gasteiger partial charge is 0.164 e. The number of rotatable bonds is 4. The van der Waals surface area contributed by atoms with Gasteiger partial charge in [0.05, 0.1) is 6.61 Å². The van der Waals surface area contributed by atoms with Crippen molar-refractivity contribution in [1.82, 2.24) is 9.97 Å². The molecule has 1 aliphatic carbocycles. The van der Waals surface area contributed by atoms with Crippen LogP contribution in [0, 0.1) is 0 Å². The predicted octanol–water partition coefficient (Wildman–Crippen LogP) is 0.146. The molecule has 1 aromatic rings. The Morgan fingerprint density at radius 2 is 2.00 bits per heavy atom. The number of fused-ring (bicyclic) bond motifs is 1. The molecule has 1 saturated heterocycles. The van der Waals surface area contributed by atoms with E-state index in [1.165, 1.54) is 19.2 Å². The van der Waals surface area contributed by atoms with Crippen molar-refractivity contribution in [3.8, 4) is 0 Å². The first-order valence-electron chi connectivity index (χ1n) is 8.87. The van der Waals surface area contributed by atoms with Gasteiger partial charge < -0.3 is 30.3 Å². The lowest BCUT2D eigenvalue weighted by molar-refractivity contribution is -0.0204. The van der Waals surface area contributed by atoms with E-state index in [-0.39, 0.29) is 6.61 Å². The Morgan fingerprint density at radius 1 is 1.20 bits per heavy atom. The van der Waals surface area contributed by atoms with Gasteiger partial charge in [0.15, 0.2) is 6.23 Å². The molecule has 2 aliphatic heterocycles. The van der Waals surface area contributed by atoms with Crippen molar-refractivity contribution in [2.45, 2.75) is 62.7 Å². The average molecular weight is 348 g/mol. The number of aliphatic hydroxyl groups excluding tert-OH is 3. The first kappa shape index (κ1) is 16.7. The van der Waals surface area contributed by atoms with Gasteiger partial charge >= 0.3 is 0 Å². The maximum Gasteiger partial charge on any atom is 0.164 e. The molecule has 4 rings (SSSR count). The molecule has 8 heteroatoms. The van der Waals surface area contributed by atoms with Gasteiger partial charge in [-0.2, -0.15) is 0 Å². The van der Waals surface area contributed by atoms with Gasteiger partial charge in [-0.25, -0.2) is 9.97 Å². The van der Waals surface area contributed by atoms with Crippen LogP contribution >= 0.6 is 0 Å². The Balaban J connectivity index is 1.61. The topological polar surface area (TPSA) is 111 Å². The Bertz CT molecular complexity index is 650. The van der Waals surface area contributed by atoms with Crippen LogP contribution in [0.3, 0.4) is 0 Å². The van der Waals surface area contributed by atoms with Crippen LogP contribution in [-0.4, -0.2) is 62.5 Å². The largest absolute Gasteiger partial charge is 0.394 e. The highest BCUT2D eigenvalue weighted by Gasteiger charge is 2.46. The number of allylic oxidation sites excluding steroid dienone is 1. The fraction of sp³-hybridized carbons (Fsp3) is 0.647. The lowest BCUT2D eigenvalue weighted by Gasteiger charge is -2.32. The third kappa shape index (κ3) is 2.99. The number of anilines is 2. The zero-order valence-electron chi connectivity index (χ0n) is 14.0. The zero-order valence-corrected chi connectivity index (χ0v) is 14.0. The second kappa shape index (κ2) is 6.87. The maximum atomic E-state index is 10.3. The fourth-order valence-corrected chi connectivity index (χ4v) is 3.87. The maximum absolute atomic E-state index is 10.3. The second-order valence-electron chi connectivity index (χ2n) is 6.88. The van der Waals surface area contributed by atoms with Crippen molar-refractivity contribution in [3.05, 3.63) is 24.2 Å². The van der Waals surface area contributed by atoms with Gasteiger partial charge in [0.25, 0.3) is 0 Å². The van der Waals surface area contributed by atoms with E-state index >= 15 is 0 Å². The van der Waals surface area contributed by atoms with Crippen molar-refractivity contribution in [3.63, 3.8) is 0 Å². The van der Waals surface area contributed by atoms with E-state index in [0.717, 1.165) is 24.2 Å². The Kier molecular flexibility index (Phi) is 4.60. The molecule has 3 aliphatic rings. The number of aromatic nitrogens is 2. The molecule has 8 nitrogen and oxygen atoms in total. The Labute approximate surface area is 146 Å². The van der Waals surface area contributed by atoms with Gasteiger partial charge in [-0.15, -0.1) is 0 Å². The second-order valence-corrected chi connectivity index (χ2v) is 6.88. The predicted molar refractivity (Wildman–Crippen MR) is 91.0 cm³/mol. The lowest BCUT2D eigenvalue weighted by atomic mass is 10.1. The summed E-state index contributed by atoms with van der Waals surface area (Å²) in [5.41, 5.74) is 0.953. The number of nitrogens with one attached hydrogen (secondary N) is 1. The van der Waals surface area contributed by atoms with Crippen molar-refractivity contribution < 1.29 is 20.1 Å². The molecule has 1 saturated carbocycles. The normalized spacial score (nSPS) is 32.2. The fourth-order valence-electron chi connectivity index (χ4n) is 3.87. The van der Waals surface area contributed by atoms with Crippen LogP contribution in [0.2, 0.25) is 0 Å². The first-order valence-corrected chi connectivity index (χ1v) is 8.87. The van der Waals surface area contributed by atoms with Crippen LogP contribution in [0.15, 0.2) is 18.6 Å². The quantitative estimate of drug-likeness (QED) is 0.608. The molecule has 0 amide bonds. The van der Waals surface area contributed by atoms with Crippen LogP contribution in [0.4, 0.5) is 11.6 Å². The number of hydrogen-bond acceptors (Lipinski definition) is 8. The summed E-state index contributed by atoms with van der Waals surface area (Å²) >= 11 is 0. The van der Waals surface area contributed by atoms with Crippen LogP contribution < -0.4 is 10.2 Å². The van der Waals surface area contributed by atoms with Gasteiger partial charge in [0.2, 0.25) is 0 Å². The summed E-state index contributed by atoms with van der Waals surface area (Å²) in [5, 5.41) is 33.2. The molecular weight excluding hydrogens is 324 g/mol. The van der Waals surface area contributed by atoms with E-state index in [0.29, 0.717) is 18.3 Å². The monoisotopic (exact) mass is 348 g/mol. The van der Waals surface area contributed by atoms with Crippen molar-refractivity contribution in [2.24, 2.45) is 0 Å². The molecule has 0 bridgehead atoms. The van der Waals surface area contributed by atoms with E-state index < -0.39 is 24.5 Å². The van der Waals surface area contributed by atoms with E-state index in [1.54, 1.807) is 11.1 Å². The standard InChI is InChI=1S/C17H24N4O4/c22-8-12-13(23)14(24)17(25-12)21-7-3-6-11-15(18-9-19-16(11)21)20-10-4-1-2-5-10/h3,7,9-10,12-14,17,22-24H,1-2,4-6,8H2,(H,18,19,20)/t12?,13-,14-,17?/m1/s1. The van der Waals surface area contributed by atoms with Gasteiger partial charge in [-0.1, -0.05) is 18.9 Å². The summed E-state index contributed by atoms with van der Waals surface area (Å²) in [5.74, 6) is 1.48.